The van der Waals surface area contributed by atoms with Crippen molar-refractivity contribution in [1.82, 2.24) is 15.2 Å². The van der Waals surface area contributed by atoms with Crippen LogP contribution in [-0.2, 0) is 12.0 Å². The van der Waals surface area contributed by atoms with Crippen molar-refractivity contribution in [3.05, 3.63) is 69.1 Å². The second-order valence-electron chi connectivity index (χ2n) is 7.78. The summed E-state index contributed by atoms with van der Waals surface area (Å²) in [5, 5.41) is 7.54. The number of benzene rings is 1. The van der Waals surface area contributed by atoms with E-state index in [1.54, 1.807) is 6.07 Å². The molecule has 0 unspecified atom stereocenters. The quantitative estimate of drug-likeness (QED) is 0.212. The maximum atomic E-state index is 11.9. The van der Waals surface area contributed by atoms with Crippen molar-refractivity contribution in [3.63, 3.8) is 0 Å². The highest BCUT2D eigenvalue weighted by Crippen LogP contribution is 2.48. The molecular formula is C23H32ClIN4O. The molecule has 0 spiro atoms. The number of nitrogens with zero attached hydrogens (tertiary/aromatic N) is 2. The van der Waals surface area contributed by atoms with Crippen LogP contribution in [0, 0.1) is 6.92 Å². The standard InChI is InChI=1S/C23H31ClN4O.HI/c1-3-25-22(26-14-4-5-15-28-18(2)8-6-11-21(28)29)27-17-23(12-13-23)19-9-7-10-20(24)16-19;/h6-11,16H,3-5,12-15,17H2,1-2H3,(H2,25,26,27);1H. The maximum absolute atomic E-state index is 11.9. The number of pyridine rings is 1. The molecule has 1 fully saturated rings. The van der Waals surface area contributed by atoms with Crippen molar-refractivity contribution < 1.29 is 0 Å². The van der Waals surface area contributed by atoms with Crippen molar-refractivity contribution in [2.45, 2.75) is 51.5 Å². The highest BCUT2D eigenvalue weighted by molar-refractivity contribution is 14.0. The van der Waals surface area contributed by atoms with E-state index < -0.39 is 0 Å². The molecule has 3 rings (SSSR count). The second-order valence-corrected chi connectivity index (χ2v) is 8.21. The van der Waals surface area contributed by atoms with E-state index in [4.69, 9.17) is 16.6 Å². The fraction of sp³-hybridized carbons (Fsp3) is 0.478. The van der Waals surface area contributed by atoms with Crippen LogP contribution in [0.1, 0.15) is 43.9 Å². The normalized spacial score (nSPS) is 14.7. The van der Waals surface area contributed by atoms with Crippen LogP contribution in [0.3, 0.4) is 0 Å². The van der Waals surface area contributed by atoms with E-state index in [2.05, 4.69) is 29.7 Å². The number of nitrogens with one attached hydrogen (secondary N) is 2. The molecule has 0 aliphatic heterocycles. The van der Waals surface area contributed by atoms with Gasteiger partial charge >= 0.3 is 0 Å². The van der Waals surface area contributed by atoms with Gasteiger partial charge in [0.25, 0.3) is 5.56 Å². The van der Waals surface area contributed by atoms with Gasteiger partial charge in [-0.3, -0.25) is 9.79 Å². The van der Waals surface area contributed by atoms with Crippen LogP contribution in [0.4, 0.5) is 0 Å². The van der Waals surface area contributed by atoms with Crippen LogP contribution < -0.4 is 16.2 Å². The van der Waals surface area contributed by atoms with Gasteiger partial charge in [0, 0.05) is 41.8 Å². The molecule has 0 amide bonds. The maximum Gasteiger partial charge on any atom is 0.250 e. The Morgan fingerprint density at radius 1 is 1.17 bits per heavy atom. The third kappa shape index (κ3) is 6.74. The van der Waals surface area contributed by atoms with E-state index in [9.17, 15) is 4.79 Å². The molecule has 1 aliphatic rings. The average Bonchev–Trinajstić information content (AvgIpc) is 3.49. The van der Waals surface area contributed by atoms with Gasteiger partial charge in [-0.15, -0.1) is 24.0 Å². The van der Waals surface area contributed by atoms with Crippen LogP contribution in [-0.4, -0.2) is 30.2 Å². The predicted octanol–water partition coefficient (Wildman–Crippen LogP) is 4.50. The van der Waals surface area contributed by atoms with Gasteiger partial charge in [0.2, 0.25) is 0 Å². The van der Waals surface area contributed by atoms with E-state index >= 15 is 0 Å². The van der Waals surface area contributed by atoms with Crippen LogP contribution in [0.15, 0.2) is 52.3 Å². The van der Waals surface area contributed by atoms with E-state index in [0.717, 1.165) is 68.5 Å². The molecule has 0 bridgehead atoms. The number of hydrogen-bond donors (Lipinski definition) is 2. The zero-order chi connectivity index (χ0) is 20.7. The van der Waals surface area contributed by atoms with Gasteiger partial charge in [-0.25, -0.2) is 0 Å². The lowest BCUT2D eigenvalue weighted by Gasteiger charge is -2.16. The molecule has 0 radical (unpaired) electrons. The molecule has 1 heterocycles. The minimum absolute atomic E-state index is 0. The van der Waals surface area contributed by atoms with Crippen molar-refractivity contribution >= 4 is 41.5 Å². The molecule has 7 heteroatoms. The number of aliphatic imine (C=N–C) groups is 1. The molecule has 1 aromatic carbocycles. The molecule has 1 aromatic heterocycles. The molecule has 1 saturated carbocycles. The first-order valence-electron chi connectivity index (χ1n) is 10.5. The smallest absolute Gasteiger partial charge is 0.250 e. The van der Waals surface area contributed by atoms with Crippen LogP contribution >= 0.6 is 35.6 Å². The highest BCUT2D eigenvalue weighted by atomic mass is 127. The first-order chi connectivity index (χ1) is 14.0. The van der Waals surface area contributed by atoms with Gasteiger partial charge in [0.15, 0.2) is 5.96 Å². The Bertz CT molecular complexity index is 908. The fourth-order valence-electron chi connectivity index (χ4n) is 3.59. The number of guanidine groups is 1. The molecule has 0 saturated heterocycles. The predicted molar refractivity (Wildman–Crippen MR) is 136 cm³/mol. The molecule has 5 nitrogen and oxygen atoms in total. The zero-order valence-corrected chi connectivity index (χ0v) is 20.9. The second kappa shape index (κ2) is 11.7. The lowest BCUT2D eigenvalue weighted by Crippen LogP contribution is -2.38. The molecule has 30 heavy (non-hydrogen) atoms. The summed E-state index contributed by atoms with van der Waals surface area (Å²) in [6.07, 6.45) is 4.23. The van der Waals surface area contributed by atoms with Crippen LogP contribution in [0.25, 0.3) is 0 Å². The molecule has 0 atom stereocenters. The van der Waals surface area contributed by atoms with Crippen molar-refractivity contribution in [2.75, 3.05) is 19.6 Å². The Balaban J connectivity index is 0.00000320. The summed E-state index contributed by atoms with van der Waals surface area (Å²) >= 11 is 6.17. The van der Waals surface area contributed by atoms with Gasteiger partial charge in [0.05, 0.1) is 6.54 Å². The number of aryl methyl sites for hydroxylation is 1. The Morgan fingerprint density at radius 2 is 1.93 bits per heavy atom. The molecule has 164 valence electrons. The molecule has 2 N–H and O–H groups in total. The summed E-state index contributed by atoms with van der Waals surface area (Å²) in [5.74, 6) is 0.855. The summed E-state index contributed by atoms with van der Waals surface area (Å²) < 4.78 is 1.83. The molecular weight excluding hydrogens is 511 g/mol. The number of aromatic nitrogens is 1. The first-order valence-corrected chi connectivity index (χ1v) is 10.9. The Hall–Kier alpha value is -1.54. The Labute approximate surface area is 201 Å². The number of unbranched alkanes of at least 4 members (excludes halogenated alkanes) is 1. The van der Waals surface area contributed by atoms with Crippen molar-refractivity contribution in [3.8, 4) is 0 Å². The lowest BCUT2D eigenvalue weighted by molar-refractivity contribution is 0.574. The Morgan fingerprint density at radius 3 is 2.60 bits per heavy atom. The SMILES string of the molecule is CCNC(=NCC1(c2cccc(Cl)c2)CC1)NCCCCn1c(C)cccc1=O.I. The summed E-state index contributed by atoms with van der Waals surface area (Å²) in [6.45, 7) is 7.22. The van der Waals surface area contributed by atoms with E-state index in [1.165, 1.54) is 5.56 Å². The summed E-state index contributed by atoms with van der Waals surface area (Å²) in [7, 11) is 0. The van der Waals surface area contributed by atoms with Crippen LogP contribution in [0.2, 0.25) is 5.02 Å². The lowest BCUT2D eigenvalue weighted by atomic mass is 9.96. The third-order valence-corrected chi connectivity index (χ3v) is 5.78. The van der Waals surface area contributed by atoms with Gasteiger partial charge in [-0.05, 0) is 63.3 Å². The van der Waals surface area contributed by atoms with E-state index in [-0.39, 0.29) is 35.0 Å². The number of hydrogen-bond acceptors (Lipinski definition) is 2. The van der Waals surface area contributed by atoms with Gasteiger partial charge in [-0.2, -0.15) is 0 Å². The van der Waals surface area contributed by atoms with E-state index in [0.29, 0.717) is 0 Å². The summed E-state index contributed by atoms with van der Waals surface area (Å²) in [4.78, 5) is 16.8. The topological polar surface area (TPSA) is 58.4 Å². The number of rotatable bonds is 9. The minimum atomic E-state index is 0. The minimum Gasteiger partial charge on any atom is -0.357 e. The summed E-state index contributed by atoms with van der Waals surface area (Å²) in [6, 6.07) is 13.6. The monoisotopic (exact) mass is 542 g/mol. The average molecular weight is 543 g/mol. The molecule has 1 aliphatic carbocycles. The van der Waals surface area contributed by atoms with Gasteiger partial charge in [0.1, 0.15) is 0 Å². The van der Waals surface area contributed by atoms with Crippen LogP contribution in [0.5, 0.6) is 0 Å². The van der Waals surface area contributed by atoms with Gasteiger partial charge in [-0.1, -0.05) is 29.8 Å². The van der Waals surface area contributed by atoms with Crippen molar-refractivity contribution in [1.29, 1.82) is 0 Å². The molecule has 2 aromatic rings. The fourth-order valence-corrected chi connectivity index (χ4v) is 3.78. The largest absolute Gasteiger partial charge is 0.357 e. The first kappa shape index (κ1) is 24.7. The number of halogens is 2. The van der Waals surface area contributed by atoms with Gasteiger partial charge < -0.3 is 15.2 Å². The highest BCUT2D eigenvalue weighted by Gasteiger charge is 2.44. The zero-order valence-electron chi connectivity index (χ0n) is 17.8. The summed E-state index contributed by atoms with van der Waals surface area (Å²) in [5.41, 5.74) is 2.51. The third-order valence-electron chi connectivity index (χ3n) is 5.54. The van der Waals surface area contributed by atoms with Crippen molar-refractivity contribution in [2.24, 2.45) is 4.99 Å². The van der Waals surface area contributed by atoms with E-state index in [1.807, 2.05) is 35.8 Å². The Kier molecular flexibility index (Phi) is 9.68.